The Kier molecular flexibility index (Phi) is 8.55. The molecule has 2 aliphatic heterocycles. The van der Waals surface area contributed by atoms with Crippen molar-refractivity contribution in [3.05, 3.63) is 30.3 Å². The summed E-state index contributed by atoms with van der Waals surface area (Å²) in [6, 6.07) is 7.63. The SMILES string of the molecule is C[C@@H]1CCC[N+]1(C(=O)NCC1CCN(C(N)=NO)CC1)C(=O)[C@H](C)N(CC(=O)O)c1ccccc1. The van der Waals surface area contributed by atoms with Crippen LogP contribution >= 0.6 is 0 Å². The van der Waals surface area contributed by atoms with E-state index in [1.165, 1.54) is 0 Å². The number of urea groups is 1. The van der Waals surface area contributed by atoms with E-state index in [-0.39, 0.29) is 40.9 Å². The Labute approximate surface area is 205 Å². The lowest BCUT2D eigenvalue weighted by molar-refractivity contribution is -0.785. The van der Waals surface area contributed by atoms with Crippen molar-refractivity contribution in [1.29, 1.82) is 0 Å². The summed E-state index contributed by atoms with van der Waals surface area (Å²) in [7, 11) is 0. The molecule has 2 aliphatic rings. The summed E-state index contributed by atoms with van der Waals surface area (Å²) in [5.41, 5.74) is 6.29. The largest absolute Gasteiger partial charge is 0.480 e. The number of carboxylic acids is 1. The number of nitrogens with zero attached hydrogens (tertiary/aromatic N) is 4. The first-order valence-electron chi connectivity index (χ1n) is 12.2. The van der Waals surface area contributed by atoms with Crippen molar-refractivity contribution in [1.82, 2.24) is 10.2 Å². The van der Waals surface area contributed by atoms with Crippen LogP contribution in [0.5, 0.6) is 0 Å². The van der Waals surface area contributed by atoms with Crippen molar-refractivity contribution in [2.24, 2.45) is 16.8 Å². The Balaban J connectivity index is 1.74. The molecule has 1 aromatic carbocycles. The lowest BCUT2D eigenvalue weighted by atomic mass is 9.97. The van der Waals surface area contributed by atoms with Gasteiger partial charge in [-0.25, -0.2) is 9.59 Å². The van der Waals surface area contributed by atoms with Gasteiger partial charge in [-0.1, -0.05) is 23.4 Å². The molecule has 3 amide bonds. The predicted molar refractivity (Wildman–Crippen MR) is 131 cm³/mol. The zero-order chi connectivity index (χ0) is 25.6. The molecule has 1 aromatic rings. The van der Waals surface area contributed by atoms with Crippen LogP contribution in [0.3, 0.4) is 0 Å². The molecular weight excluding hydrogens is 452 g/mol. The van der Waals surface area contributed by atoms with E-state index in [4.69, 9.17) is 10.9 Å². The zero-order valence-corrected chi connectivity index (χ0v) is 20.5. The van der Waals surface area contributed by atoms with Crippen LogP contribution in [-0.2, 0) is 9.59 Å². The third kappa shape index (κ3) is 5.67. The molecule has 2 fully saturated rings. The molecule has 35 heavy (non-hydrogen) atoms. The number of nitrogens with one attached hydrogen (secondary N) is 1. The molecule has 11 heteroatoms. The second-order valence-corrected chi connectivity index (χ2v) is 9.53. The van der Waals surface area contributed by atoms with Crippen LogP contribution in [-0.4, -0.2) is 88.4 Å². The molecule has 192 valence electrons. The van der Waals surface area contributed by atoms with Gasteiger partial charge in [0.25, 0.3) is 0 Å². The Morgan fingerprint density at radius 1 is 1.23 bits per heavy atom. The smallest absolute Gasteiger partial charge is 0.424 e. The first-order valence-corrected chi connectivity index (χ1v) is 12.2. The topological polar surface area (TPSA) is 149 Å². The number of carboxylic acid groups (broad SMARTS) is 1. The second kappa shape index (κ2) is 11.4. The number of likely N-dealkylation sites (tertiary alicyclic amines) is 2. The Morgan fingerprint density at radius 3 is 2.43 bits per heavy atom. The number of guanidine groups is 1. The fourth-order valence-electron chi connectivity index (χ4n) is 5.29. The number of piperidine rings is 1. The minimum absolute atomic E-state index is 0.0896. The molecule has 1 unspecified atom stereocenters. The van der Waals surface area contributed by atoms with Crippen LogP contribution < -0.4 is 16.0 Å². The van der Waals surface area contributed by atoms with E-state index < -0.39 is 12.0 Å². The van der Waals surface area contributed by atoms with Gasteiger partial charge in [0.15, 0.2) is 0 Å². The number of amides is 3. The lowest BCUT2D eigenvalue weighted by Gasteiger charge is -2.38. The number of oxime groups is 1. The highest BCUT2D eigenvalue weighted by molar-refractivity contribution is 5.90. The number of carbonyl (C=O) groups excluding carboxylic acids is 2. The molecule has 2 heterocycles. The van der Waals surface area contributed by atoms with E-state index in [2.05, 4.69) is 10.5 Å². The minimum atomic E-state index is -1.04. The van der Waals surface area contributed by atoms with E-state index in [9.17, 15) is 19.5 Å². The molecule has 0 aromatic heterocycles. The van der Waals surface area contributed by atoms with Crippen molar-refractivity contribution in [3.63, 3.8) is 0 Å². The van der Waals surface area contributed by atoms with E-state index in [0.29, 0.717) is 31.9 Å². The van der Waals surface area contributed by atoms with Gasteiger partial charge in [-0.2, -0.15) is 4.48 Å². The summed E-state index contributed by atoms with van der Waals surface area (Å²) in [4.78, 5) is 42.5. The highest BCUT2D eigenvalue weighted by Crippen LogP contribution is 2.31. The quantitative estimate of drug-likeness (QED) is 0.148. The van der Waals surface area contributed by atoms with Gasteiger partial charge in [0.05, 0.1) is 6.54 Å². The van der Waals surface area contributed by atoms with E-state index in [1.54, 1.807) is 41.0 Å². The molecule has 0 radical (unpaired) electrons. The van der Waals surface area contributed by atoms with Gasteiger partial charge in [0.2, 0.25) is 5.96 Å². The third-order valence-corrected chi connectivity index (χ3v) is 7.44. The molecule has 5 N–H and O–H groups in total. The van der Waals surface area contributed by atoms with Gasteiger partial charge in [0.1, 0.15) is 18.6 Å². The van der Waals surface area contributed by atoms with E-state index in [1.807, 2.05) is 13.0 Å². The monoisotopic (exact) mass is 489 g/mol. The van der Waals surface area contributed by atoms with Gasteiger partial charge in [0, 0.05) is 38.2 Å². The normalized spacial score (nSPS) is 24.1. The molecule has 3 atom stereocenters. The van der Waals surface area contributed by atoms with Crippen LogP contribution in [0.15, 0.2) is 35.5 Å². The summed E-state index contributed by atoms with van der Waals surface area (Å²) in [5, 5.41) is 24.4. The Morgan fingerprint density at radius 2 is 1.89 bits per heavy atom. The van der Waals surface area contributed by atoms with Crippen LogP contribution in [0.2, 0.25) is 0 Å². The molecule has 0 bridgehead atoms. The van der Waals surface area contributed by atoms with Crippen LogP contribution in [0.25, 0.3) is 0 Å². The van der Waals surface area contributed by atoms with Crippen LogP contribution in [0, 0.1) is 5.92 Å². The van der Waals surface area contributed by atoms with Gasteiger partial charge in [-0.05, 0) is 44.7 Å². The maximum atomic E-state index is 13.9. The van der Waals surface area contributed by atoms with Crippen LogP contribution in [0.1, 0.15) is 39.5 Å². The molecule has 0 saturated carbocycles. The lowest BCUT2D eigenvalue weighted by Crippen LogP contribution is -2.67. The van der Waals surface area contributed by atoms with Gasteiger partial charge >= 0.3 is 17.9 Å². The van der Waals surface area contributed by atoms with E-state index >= 15 is 0 Å². The number of imide groups is 1. The van der Waals surface area contributed by atoms with Crippen molar-refractivity contribution in [2.45, 2.75) is 51.6 Å². The summed E-state index contributed by atoms with van der Waals surface area (Å²) in [5.74, 6) is -1.02. The second-order valence-electron chi connectivity index (χ2n) is 9.53. The summed E-state index contributed by atoms with van der Waals surface area (Å²) in [6.07, 6.45) is 3.04. The predicted octanol–water partition coefficient (Wildman–Crippen LogP) is 1.62. The van der Waals surface area contributed by atoms with Gasteiger partial charge in [-0.15, -0.1) is 0 Å². The van der Waals surface area contributed by atoms with Crippen molar-refractivity contribution >= 4 is 29.6 Å². The number of carbonyl (C=O) groups is 3. The molecule has 2 saturated heterocycles. The number of hydrogen-bond donors (Lipinski definition) is 4. The summed E-state index contributed by atoms with van der Waals surface area (Å²) in [6.45, 7) is 5.35. The molecule has 3 rings (SSSR count). The van der Waals surface area contributed by atoms with Crippen molar-refractivity contribution < 1.29 is 29.2 Å². The number of nitrogens with two attached hydrogens (primary N) is 1. The summed E-state index contributed by atoms with van der Waals surface area (Å²) >= 11 is 0. The fourth-order valence-corrected chi connectivity index (χ4v) is 5.29. The minimum Gasteiger partial charge on any atom is -0.480 e. The number of anilines is 1. The highest BCUT2D eigenvalue weighted by atomic mass is 16.4. The molecule has 11 nitrogen and oxygen atoms in total. The average Bonchev–Trinajstić information content (AvgIpc) is 3.27. The first kappa shape index (κ1) is 26.3. The molecule has 0 aliphatic carbocycles. The average molecular weight is 490 g/mol. The fraction of sp³-hybridized carbons (Fsp3) is 0.583. The molecular formula is C24H37N6O5+. The highest BCUT2D eigenvalue weighted by Gasteiger charge is 2.55. The Bertz CT molecular complexity index is 934. The first-order chi connectivity index (χ1) is 16.7. The number of para-hydroxylation sites is 1. The number of hydrogen-bond acceptors (Lipinski definition) is 6. The number of benzene rings is 1. The van der Waals surface area contributed by atoms with E-state index in [0.717, 1.165) is 25.7 Å². The zero-order valence-electron chi connectivity index (χ0n) is 20.5. The van der Waals surface area contributed by atoms with Crippen molar-refractivity contribution in [2.75, 3.05) is 37.6 Å². The third-order valence-electron chi connectivity index (χ3n) is 7.44. The van der Waals surface area contributed by atoms with Gasteiger partial charge in [-0.3, -0.25) is 4.79 Å². The number of quaternary nitrogens is 1. The Hall–Kier alpha value is -3.34. The molecule has 0 spiro atoms. The number of rotatable bonds is 7. The maximum absolute atomic E-state index is 13.9. The maximum Gasteiger partial charge on any atom is 0.424 e. The van der Waals surface area contributed by atoms with Crippen molar-refractivity contribution in [3.8, 4) is 0 Å². The summed E-state index contributed by atoms with van der Waals surface area (Å²) < 4.78 is -0.326. The van der Waals surface area contributed by atoms with Crippen LogP contribution in [0.4, 0.5) is 10.5 Å². The standard InChI is InChI=1S/C24H36N6O5/c1-17-7-6-14-30(17,24(34)26-15-19-10-12-28(13-11-19)23(25)27-35)22(33)18(2)29(16-21(31)32)20-8-4-3-5-9-20/h3-5,8-9,17-19H,6-7,10-16H2,1-2H3,(H4-,25,26,27,31,32,34,35)/p+1/t17-,18+,30?/m1/s1. The van der Waals surface area contributed by atoms with Gasteiger partial charge < -0.3 is 31.2 Å². The number of aliphatic carboxylic acids is 1.